The maximum Gasteiger partial charge on any atom is 0.186 e. The van der Waals surface area contributed by atoms with E-state index in [-0.39, 0.29) is 5.78 Å². The molecule has 0 unspecified atom stereocenters. The third-order valence-electron chi connectivity index (χ3n) is 3.28. The molecule has 2 aromatic rings. The van der Waals surface area contributed by atoms with E-state index in [2.05, 4.69) is 30.7 Å². The van der Waals surface area contributed by atoms with E-state index in [0.717, 1.165) is 40.0 Å². The van der Waals surface area contributed by atoms with Crippen molar-refractivity contribution in [1.29, 1.82) is 0 Å². The van der Waals surface area contributed by atoms with Crippen LogP contribution in [0.5, 0.6) is 0 Å². The number of thiophene rings is 1. The van der Waals surface area contributed by atoms with Crippen LogP contribution in [0.2, 0.25) is 0 Å². The Labute approximate surface area is 134 Å². The lowest BCUT2D eigenvalue weighted by Crippen LogP contribution is -2.47. The fourth-order valence-corrected chi connectivity index (χ4v) is 4.23. The molecule has 1 saturated heterocycles. The van der Waals surface area contributed by atoms with Gasteiger partial charge in [-0.2, -0.15) is 0 Å². The molecule has 1 aliphatic heterocycles. The second-order valence-corrected chi connectivity index (χ2v) is 7.94. The first-order valence-electron chi connectivity index (χ1n) is 6.38. The van der Waals surface area contributed by atoms with E-state index in [9.17, 15) is 4.79 Å². The van der Waals surface area contributed by atoms with Crippen LogP contribution in [0.25, 0.3) is 0 Å². The molecule has 0 N–H and O–H groups in total. The first-order chi connectivity index (χ1) is 9.72. The number of nitrogens with zero attached hydrogens (tertiary/aromatic N) is 3. The fourth-order valence-electron chi connectivity index (χ4n) is 2.21. The maximum absolute atomic E-state index is 12.2. The Hall–Kier alpha value is -0.760. The number of rotatable bonds is 4. The van der Waals surface area contributed by atoms with Crippen molar-refractivity contribution in [3.05, 3.63) is 32.4 Å². The zero-order chi connectivity index (χ0) is 13.9. The molecule has 3 rings (SSSR count). The number of piperazine rings is 1. The van der Waals surface area contributed by atoms with Crippen molar-refractivity contribution < 1.29 is 4.79 Å². The maximum atomic E-state index is 12.2. The summed E-state index contributed by atoms with van der Waals surface area (Å²) < 4.78 is 1.01. The quantitative estimate of drug-likeness (QED) is 0.774. The predicted octanol–water partition coefficient (Wildman–Crippen LogP) is 2.97. The Morgan fingerprint density at radius 2 is 2.10 bits per heavy atom. The number of carbonyl (C=O) groups is 1. The lowest BCUT2D eigenvalue weighted by molar-refractivity contribution is 0.0930. The lowest BCUT2D eigenvalue weighted by Gasteiger charge is -2.34. The van der Waals surface area contributed by atoms with Gasteiger partial charge in [-0.05, 0) is 28.1 Å². The lowest BCUT2D eigenvalue weighted by atomic mass is 10.2. The van der Waals surface area contributed by atoms with Crippen LogP contribution in [0.1, 0.15) is 9.67 Å². The van der Waals surface area contributed by atoms with Crippen molar-refractivity contribution in [1.82, 2.24) is 9.88 Å². The molecule has 7 heteroatoms. The number of hydrogen-bond acceptors (Lipinski definition) is 6. The van der Waals surface area contributed by atoms with Gasteiger partial charge in [0.25, 0.3) is 0 Å². The van der Waals surface area contributed by atoms with Crippen molar-refractivity contribution in [3.63, 3.8) is 0 Å². The van der Waals surface area contributed by atoms with E-state index in [1.807, 2.05) is 23.7 Å². The van der Waals surface area contributed by atoms with E-state index in [1.165, 1.54) is 11.3 Å². The first-order valence-corrected chi connectivity index (χ1v) is 8.86. The van der Waals surface area contributed by atoms with Gasteiger partial charge in [0.1, 0.15) is 0 Å². The molecule has 0 atom stereocenters. The molecule has 106 valence electrons. The van der Waals surface area contributed by atoms with Gasteiger partial charge in [0.2, 0.25) is 0 Å². The number of halogens is 1. The van der Waals surface area contributed by atoms with E-state index in [1.54, 1.807) is 11.3 Å². The molecule has 2 aromatic heterocycles. The Morgan fingerprint density at radius 3 is 2.70 bits per heavy atom. The molecule has 0 radical (unpaired) electrons. The highest BCUT2D eigenvalue weighted by atomic mass is 79.9. The highest BCUT2D eigenvalue weighted by Crippen LogP contribution is 2.23. The summed E-state index contributed by atoms with van der Waals surface area (Å²) >= 11 is 6.57. The number of ketones is 1. The predicted molar refractivity (Wildman–Crippen MR) is 87.1 cm³/mol. The van der Waals surface area contributed by atoms with Crippen LogP contribution in [-0.4, -0.2) is 48.4 Å². The summed E-state index contributed by atoms with van der Waals surface area (Å²) in [7, 11) is 0. The Kier molecular flexibility index (Phi) is 4.50. The van der Waals surface area contributed by atoms with Crippen molar-refractivity contribution in [2.24, 2.45) is 0 Å². The molecule has 20 heavy (non-hydrogen) atoms. The fraction of sp³-hybridized carbons (Fsp3) is 0.385. The van der Waals surface area contributed by atoms with Crippen LogP contribution in [0.4, 0.5) is 5.13 Å². The van der Waals surface area contributed by atoms with Gasteiger partial charge in [-0.1, -0.05) is 0 Å². The summed E-state index contributed by atoms with van der Waals surface area (Å²) in [5.41, 5.74) is 0. The zero-order valence-corrected chi connectivity index (χ0v) is 14.0. The molecule has 0 spiro atoms. The molecule has 1 aliphatic rings. The molecule has 3 heterocycles. The van der Waals surface area contributed by atoms with Gasteiger partial charge in [0.15, 0.2) is 10.9 Å². The van der Waals surface area contributed by atoms with Gasteiger partial charge in [-0.15, -0.1) is 22.7 Å². The number of hydrogen-bond donors (Lipinski definition) is 0. The minimum absolute atomic E-state index is 0.211. The molecule has 4 nitrogen and oxygen atoms in total. The number of aromatic nitrogens is 1. The highest BCUT2D eigenvalue weighted by Gasteiger charge is 2.21. The molecule has 0 aromatic carbocycles. The normalized spacial score (nSPS) is 16.6. The van der Waals surface area contributed by atoms with Gasteiger partial charge < -0.3 is 4.90 Å². The standard InChI is InChI=1S/C13H14BrN3OS2/c14-12-2-1-11(20-12)10(18)9-16-4-6-17(7-5-16)13-15-3-8-19-13/h1-3,8H,4-7,9H2. The Bertz CT molecular complexity index is 576. The monoisotopic (exact) mass is 371 g/mol. The second kappa shape index (κ2) is 6.34. The third kappa shape index (κ3) is 3.28. The zero-order valence-electron chi connectivity index (χ0n) is 10.8. The van der Waals surface area contributed by atoms with Gasteiger partial charge in [-0.3, -0.25) is 9.69 Å². The van der Waals surface area contributed by atoms with Crippen LogP contribution < -0.4 is 4.90 Å². The number of Topliss-reactive ketones (excluding diaryl/α,β-unsaturated/α-hetero) is 1. The van der Waals surface area contributed by atoms with Crippen LogP contribution in [0.3, 0.4) is 0 Å². The van der Waals surface area contributed by atoms with Crippen LogP contribution >= 0.6 is 38.6 Å². The molecule has 0 aliphatic carbocycles. The SMILES string of the molecule is O=C(CN1CCN(c2nccs2)CC1)c1ccc(Br)s1. The molecular weight excluding hydrogens is 358 g/mol. The smallest absolute Gasteiger partial charge is 0.186 e. The highest BCUT2D eigenvalue weighted by molar-refractivity contribution is 9.11. The van der Waals surface area contributed by atoms with Crippen LogP contribution in [0.15, 0.2) is 27.5 Å². The van der Waals surface area contributed by atoms with E-state index >= 15 is 0 Å². The summed E-state index contributed by atoms with van der Waals surface area (Å²) in [6.07, 6.45) is 1.84. The summed E-state index contributed by atoms with van der Waals surface area (Å²) in [5, 5.41) is 3.08. The average molecular weight is 372 g/mol. The van der Waals surface area contributed by atoms with E-state index in [4.69, 9.17) is 0 Å². The van der Waals surface area contributed by atoms with E-state index in [0.29, 0.717) is 6.54 Å². The summed E-state index contributed by atoms with van der Waals surface area (Å²) in [6, 6.07) is 3.82. The number of anilines is 1. The average Bonchev–Trinajstić information content (AvgIpc) is 3.10. The number of thiazole rings is 1. The minimum atomic E-state index is 0.211. The van der Waals surface area contributed by atoms with Gasteiger partial charge in [0.05, 0.1) is 15.2 Å². The van der Waals surface area contributed by atoms with E-state index < -0.39 is 0 Å². The Balaban J connectivity index is 1.52. The van der Waals surface area contributed by atoms with Gasteiger partial charge in [-0.25, -0.2) is 4.98 Å². The molecular formula is C13H14BrN3OS2. The van der Waals surface area contributed by atoms with Crippen LogP contribution in [-0.2, 0) is 0 Å². The van der Waals surface area contributed by atoms with Gasteiger partial charge >= 0.3 is 0 Å². The molecule has 0 bridgehead atoms. The van der Waals surface area contributed by atoms with Crippen LogP contribution in [0, 0.1) is 0 Å². The molecule has 0 amide bonds. The summed E-state index contributed by atoms with van der Waals surface area (Å²) in [6.45, 7) is 4.22. The Morgan fingerprint density at radius 1 is 1.30 bits per heavy atom. The third-order valence-corrected chi connectivity index (χ3v) is 5.77. The number of carbonyl (C=O) groups excluding carboxylic acids is 1. The topological polar surface area (TPSA) is 36.4 Å². The largest absolute Gasteiger partial charge is 0.346 e. The minimum Gasteiger partial charge on any atom is -0.346 e. The summed E-state index contributed by atoms with van der Waals surface area (Å²) in [4.78, 5) is 21.8. The van der Waals surface area contributed by atoms with Crippen molar-refractivity contribution >= 4 is 49.5 Å². The van der Waals surface area contributed by atoms with Crippen molar-refractivity contribution in [3.8, 4) is 0 Å². The second-order valence-electron chi connectivity index (χ2n) is 4.60. The molecule has 1 fully saturated rings. The summed E-state index contributed by atoms with van der Waals surface area (Å²) in [5.74, 6) is 0.211. The van der Waals surface area contributed by atoms with Crippen molar-refractivity contribution in [2.45, 2.75) is 0 Å². The molecule has 0 saturated carbocycles. The van der Waals surface area contributed by atoms with Crippen molar-refractivity contribution in [2.75, 3.05) is 37.6 Å². The van der Waals surface area contributed by atoms with Gasteiger partial charge in [0, 0.05) is 37.8 Å². The first kappa shape index (κ1) is 14.2.